The average molecular weight is 345 g/mol. The number of morpholine rings is 1. The van der Waals surface area contributed by atoms with E-state index in [0.29, 0.717) is 23.2 Å². The van der Waals surface area contributed by atoms with Crippen molar-refractivity contribution in [2.75, 3.05) is 32.9 Å². The van der Waals surface area contributed by atoms with Crippen molar-refractivity contribution < 1.29 is 14.3 Å². The molecule has 0 saturated carbocycles. The minimum atomic E-state index is -0.489. The minimum Gasteiger partial charge on any atom is -0.490 e. The maximum Gasteiger partial charge on any atom is 0.251 e. The molecule has 0 atom stereocenters. The first-order chi connectivity index (χ1) is 11.6. The molecule has 6 nitrogen and oxygen atoms in total. The summed E-state index contributed by atoms with van der Waals surface area (Å²) in [5, 5.41) is 0.863. The highest BCUT2D eigenvalue weighted by Gasteiger charge is 2.19. The summed E-state index contributed by atoms with van der Waals surface area (Å²) in [6.07, 6.45) is 1.75. The van der Waals surface area contributed by atoms with Crippen molar-refractivity contribution in [3.05, 3.63) is 34.0 Å². The van der Waals surface area contributed by atoms with Crippen molar-refractivity contribution >= 4 is 29.0 Å². The summed E-state index contributed by atoms with van der Waals surface area (Å²) in [5.74, 6) is 0.335. The van der Waals surface area contributed by atoms with Gasteiger partial charge in [-0.1, -0.05) is 12.2 Å². The second kappa shape index (κ2) is 6.16. The van der Waals surface area contributed by atoms with Gasteiger partial charge in [-0.05, 0) is 17.7 Å². The highest BCUT2D eigenvalue weighted by atomic mass is 32.1. The van der Waals surface area contributed by atoms with Crippen molar-refractivity contribution in [3.63, 3.8) is 0 Å². The van der Waals surface area contributed by atoms with Crippen LogP contribution >= 0.6 is 12.2 Å². The molecule has 7 heteroatoms. The van der Waals surface area contributed by atoms with Crippen molar-refractivity contribution in [3.8, 4) is 5.75 Å². The number of aromatic nitrogens is 1. The second-order valence-electron chi connectivity index (χ2n) is 6.16. The lowest BCUT2D eigenvalue weighted by atomic mass is 10.1. The number of carbonyl (C=O) groups excluding carboxylic acids is 1. The summed E-state index contributed by atoms with van der Waals surface area (Å²) in [6, 6.07) is 4.14. The van der Waals surface area contributed by atoms with Gasteiger partial charge >= 0.3 is 0 Å². The lowest BCUT2D eigenvalue weighted by Gasteiger charge is -2.28. The summed E-state index contributed by atoms with van der Waals surface area (Å²) in [5.41, 5.74) is 7.97. The van der Waals surface area contributed by atoms with Gasteiger partial charge in [0.05, 0.1) is 35.3 Å². The molecule has 2 aromatic rings. The zero-order valence-corrected chi connectivity index (χ0v) is 14.1. The summed E-state index contributed by atoms with van der Waals surface area (Å²) >= 11 is 5.52. The first-order valence-corrected chi connectivity index (χ1v) is 8.47. The van der Waals surface area contributed by atoms with Gasteiger partial charge in [-0.2, -0.15) is 0 Å². The van der Waals surface area contributed by atoms with E-state index in [1.807, 2.05) is 4.57 Å². The lowest BCUT2D eigenvalue weighted by Crippen LogP contribution is -2.35. The standard InChI is InChI=1S/C17H19N3O3S/c18-17(21)13-10-20-3-6-23-14-8-11(7-12(15(14)20)16(13)24)9-19-1-4-22-5-2-19/h7-8,10H,1-6,9H2,(H2,18,21). The number of nitrogens with zero attached hydrogens (tertiary/aromatic N) is 2. The van der Waals surface area contributed by atoms with E-state index in [1.54, 1.807) is 6.20 Å². The van der Waals surface area contributed by atoms with Crippen molar-refractivity contribution in [1.82, 2.24) is 9.47 Å². The second-order valence-corrected chi connectivity index (χ2v) is 6.56. The number of pyridine rings is 1. The quantitative estimate of drug-likeness (QED) is 0.858. The van der Waals surface area contributed by atoms with Gasteiger partial charge < -0.3 is 19.8 Å². The molecule has 1 saturated heterocycles. The van der Waals surface area contributed by atoms with E-state index >= 15 is 0 Å². The van der Waals surface area contributed by atoms with E-state index in [0.717, 1.165) is 55.1 Å². The molecule has 1 fully saturated rings. The van der Waals surface area contributed by atoms with Crippen LogP contribution < -0.4 is 10.5 Å². The fourth-order valence-electron chi connectivity index (χ4n) is 3.38. The van der Waals surface area contributed by atoms with E-state index in [2.05, 4.69) is 17.0 Å². The number of nitrogens with two attached hydrogens (primary N) is 1. The van der Waals surface area contributed by atoms with Gasteiger partial charge in [0.15, 0.2) is 0 Å². The molecular formula is C17H19N3O3S. The van der Waals surface area contributed by atoms with Gasteiger partial charge in [0.2, 0.25) is 0 Å². The van der Waals surface area contributed by atoms with Crippen LogP contribution in [-0.4, -0.2) is 48.3 Å². The number of ether oxygens (including phenoxy) is 2. The summed E-state index contributed by atoms with van der Waals surface area (Å²) in [4.78, 5) is 14.1. The first-order valence-electron chi connectivity index (χ1n) is 8.06. The summed E-state index contributed by atoms with van der Waals surface area (Å²) in [7, 11) is 0. The van der Waals surface area contributed by atoms with Gasteiger partial charge in [-0.15, -0.1) is 0 Å². The fourth-order valence-corrected chi connectivity index (χ4v) is 3.69. The molecular weight excluding hydrogens is 326 g/mol. The van der Waals surface area contributed by atoms with Crippen LogP contribution in [0.4, 0.5) is 0 Å². The normalized spacial score (nSPS) is 17.7. The van der Waals surface area contributed by atoms with Crippen LogP contribution in [0.3, 0.4) is 0 Å². The third-order valence-electron chi connectivity index (χ3n) is 4.56. The van der Waals surface area contributed by atoms with Crippen LogP contribution in [0.5, 0.6) is 5.75 Å². The molecule has 0 radical (unpaired) electrons. The van der Waals surface area contributed by atoms with Crippen LogP contribution in [0.1, 0.15) is 15.9 Å². The fraction of sp³-hybridized carbons (Fsp3) is 0.412. The van der Waals surface area contributed by atoms with Crippen LogP contribution in [-0.2, 0) is 17.8 Å². The van der Waals surface area contributed by atoms with Crippen LogP contribution in [0.15, 0.2) is 18.3 Å². The van der Waals surface area contributed by atoms with E-state index in [1.165, 1.54) is 0 Å². The smallest absolute Gasteiger partial charge is 0.251 e. The molecule has 126 valence electrons. The molecule has 4 rings (SSSR count). The number of amides is 1. The van der Waals surface area contributed by atoms with Crippen LogP contribution in [0.25, 0.3) is 10.9 Å². The van der Waals surface area contributed by atoms with Gasteiger partial charge in [0.25, 0.3) is 5.91 Å². The molecule has 0 unspecified atom stereocenters. The van der Waals surface area contributed by atoms with Gasteiger partial charge in [-0.3, -0.25) is 9.69 Å². The van der Waals surface area contributed by atoms with E-state index in [9.17, 15) is 4.79 Å². The molecule has 0 spiro atoms. The molecule has 24 heavy (non-hydrogen) atoms. The number of carbonyl (C=O) groups is 1. The van der Waals surface area contributed by atoms with Gasteiger partial charge in [0.1, 0.15) is 12.4 Å². The third kappa shape index (κ3) is 2.68. The topological polar surface area (TPSA) is 69.7 Å². The van der Waals surface area contributed by atoms with Crippen molar-refractivity contribution in [2.45, 2.75) is 13.1 Å². The van der Waals surface area contributed by atoms with Gasteiger partial charge in [0, 0.05) is 31.2 Å². The largest absolute Gasteiger partial charge is 0.490 e. The monoisotopic (exact) mass is 345 g/mol. The van der Waals surface area contributed by atoms with E-state index < -0.39 is 5.91 Å². The Bertz CT molecular complexity index is 871. The SMILES string of the molecule is NC(=O)c1cn2c3c(cc(CN4CCOCC4)cc3c1=S)OCC2. The Morgan fingerprint density at radius 2 is 2.00 bits per heavy atom. The highest BCUT2D eigenvalue weighted by Crippen LogP contribution is 2.33. The molecule has 3 heterocycles. The highest BCUT2D eigenvalue weighted by molar-refractivity contribution is 7.71. The number of hydrogen-bond donors (Lipinski definition) is 1. The predicted molar refractivity (Wildman–Crippen MR) is 92.9 cm³/mol. The predicted octanol–water partition coefficient (Wildman–Crippen LogP) is 1.69. The average Bonchev–Trinajstić information content (AvgIpc) is 2.58. The molecule has 1 aromatic heterocycles. The third-order valence-corrected chi connectivity index (χ3v) is 5.00. The molecule has 1 amide bonds. The van der Waals surface area contributed by atoms with E-state index in [4.69, 9.17) is 27.4 Å². The molecule has 2 N–H and O–H groups in total. The Morgan fingerprint density at radius 3 is 2.75 bits per heavy atom. The molecule has 2 aliphatic rings. The Labute approximate surface area is 144 Å². The number of benzene rings is 1. The number of hydrogen-bond acceptors (Lipinski definition) is 5. The zero-order valence-electron chi connectivity index (χ0n) is 13.3. The maximum atomic E-state index is 11.7. The number of rotatable bonds is 3. The summed E-state index contributed by atoms with van der Waals surface area (Å²) in [6.45, 7) is 5.41. The Morgan fingerprint density at radius 1 is 1.21 bits per heavy atom. The Balaban J connectivity index is 1.84. The van der Waals surface area contributed by atoms with Crippen molar-refractivity contribution in [2.24, 2.45) is 5.73 Å². The number of primary amides is 1. The van der Waals surface area contributed by atoms with Crippen LogP contribution in [0, 0.1) is 4.51 Å². The zero-order chi connectivity index (χ0) is 16.7. The Hall–Kier alpha value is -1.96. The van der Waals surface area contributed by atoms with E-state index in [-0.39, 0.29) is 0 Å². The van der Waals surface area contributed by atoms with Crippen molar-refractivity contribution in [1.29, 1.82) is 0 Å². The minimum absolute atomic E-state index is 0.397. The lowest BCUT2D eigenvalue weighted by molar-refractivity contribution is 0.0342. The van der Waals surface area contributed by atoms with Gasteiger partial charge in [-0.25, -0.2) is 0 Å². The first kappa shape index (κ1) is 15.6. The molecule has 0 bridgehead atoms. The molecule has 1 aromatic carbocycles. The maximum absolute atomic E-state index is 11.7. The summed E-state index contributed by atoms with van der Waals surface area (Å²) < 4.78 is 13.8. The molecule has 0 aliphatic carbocycles. The molecule has 2 aliphatic heterocycles. The Kier molecular flexibility index (Phi) is 3.99. The van der Waals surface area contributed by atoms with Crippen LogP contribution in [0.2, 0.25) is 0 Å².